The zero-order valence-corrected chi connectivity index (χ0v) is 28.1. The molecule has 1 aromatic rings. The number of benzene rings is 1. The highest BCUT2D eigenvalue weighted by Gasteiger charge is 2.57. The van der Waals surface area contributed by atoms with Gasteiger partial charge in [-0.3, -0.25) is 0 Å². The maximum Gasteiger partial charge on any atom is 0.225 e. The van der Waals surface area contributed by atoms with Crippen LogP contribution in [0.4, 0.5) is 22.0 Å². The normalized spacial score (nSPS) is 34.0. The van der Waals surface area contributed by atoms with E-state index in [9.17, 15) is 22.0 Å². The number of fused-ring (bicyclic) bond motifs is 5. The second-order valence-corrected chi connectivity index (χ2v) is 19.2. The van der Waals surface area contributed by atoms with Crippen molar-refractivity contribution < 1.29 is 26.4 Å². The lowest BCUT2D eigenvalue weighted by molar-refractivity contribution is 0.0419. The van der Waals surface area contributed by atoms with Crippen LogP contribution in [0.5, 0.6) is 0 Å². The fourth-order valence-electron chi connectivity index (χ4n) is 9.29. The molecule has 0 unspecified atom stereocenters. The van der Waals surface area contributed by atoms with E-state index in [0.29, 0.717) is 53.8 Å². The average molecular weight is 621 g/mol. The van der Waals surface area contributed by atoms with Gasteiger partial charge in [-0.05, 0) is 104 Å². The Balaban J connectivity index is 1.35. The van der Waals surface area contributed by atoms with Crippen LogP contribution in [0, 0.1) is 75.4 Å². The quantitative estimate of drug-likeness (QED) is 0.0969. The van der Waals surface area contributed by atoms with Crippen LogP contribution in [0.1, 0.15) is 86.5 Å². The van der Waals surface area contributed by atoms with Crippen LogP contribution in [0.15, 0.2) is 35.5 Å². The molecule has 3 saturated carbocycles. The summed E-state index contributed by atoms with van der Waals surface area (Å²) in [5.41, 5.74) is 3.18. The Kier molecular flexibility index (Phi) is 8.78. The molecule has 7 heteroatoms. The molecule has 0 heterocycles. The molecule has 0 amide bonds. The Hall–Kier alpha value is -1.73. The molecule has 0 spiro atoms. The van der Waals surface area contributed by atoms with Gasteiger partial charge in [-0.25, -0.2) is 22.0 Å². The second-order valence-electron chi connectivity index (χ2n) is 15.4. The van der Waals surface area contributed by atoms with Gasteiger partial charge in [-0.2, -0.15) is 0 Å². The lowest BCUT2D eigenvalue weighted by Crippen LogP contribution is -2.53. The Bertz CT molecular complexity index is 1320. The molecule has 238 valence electrons. The number of hydrogen-bond donors (Lipinski definition) is 0. The molecule has 3 fully saturated rings. The van der Waals surface area contributed by atoms with Gasteiger partial charge in [0, 0.05) is 11.3 Å². The van der Waals surface area contributed by atoms with Crippen LogP contribution in [0.3, 0.4) is 0 Å². The molecule has 0 N–H and O–H groups in total. The molecule has 43 heavy (non-hydrogen) atoms. The standard InChI is InChI=1S/C36H49F5OSi/c1-20(2)21(3)9-10-22(4)26-13-14-27-25-12-11-23-19-24(15-17-35(23,5)28(25)16-18-36(26,27)6)42-43(7,8)34-32(40)30(38)29(37)31(39)33(34)41/h9-12,20-22,24,26-28H,13-19H2,1-8H3/b10-9+/t21-,22-,24+,26-,27+,28+,35+,36-/m1/s1. The third kappa shape index (κ3) is 5.42. The maximum absolute atomic E-state index is 14.7. The molecule has 0 radical (unpaired) electrons. The number of hydrogen-bond acceptors (Lipinski definition) is 1. The number of allylic oxidation sites excluding steroid dienone is 5. The van der Waals surface area contributed by atoms with Crippen LogP contribution in [-0.2, 0) is 4.43 Å². The summed E-state index contributed by atoms with van der Waals surface area (Å²) < 4.78 is 77.5. The molecule has 0 bridgehead atoms. The van der Waals surface area contributed by atoms with E-state index in [1.54, 1.807) is 5.57 Å². The first-order chi connectivity index (χ1) is 20.0. The summed E-state index contributed by atoms with van der Waals surface area (Å²) >= 11 is 0. The van der Waals surface area contributed by atoms with Crippen molar-refractivity contribution in [3.8, 4) is 0 Å². The van der Waals surface area contributed by atoms with E-state index >= 15 is 0 Å². The molecular formula is C36H49F5OSi. The Morgan fingerprint density at radius 1 is 0.791 bits per heavy atom. The van der Waals surface area contributed by atoms with Crippen LogP contribution < -0.4 is 5.19 Å². The predicted molar refractivity (Wildman–Crippen MR) is 166 cm³/mol. The molecule has 4 aliphatic rings. The van der Waals surface area contributed by atoms with Crippen LogP contribution in [-0.4, -0.2) is 14.4 Å². The second kappa shape index (κ2) is 11.6. The highest BCUT2D eigenvalue weighted by Crippen LogP contribution is 2.66. The maximum atomic E-state index is 14.7. The predicted octanol–water partition coefficient (Wildman–Crippen LogP) is 10.2. The smallest absolute Gasteiger partial charge is 0.225 e. The van der Waals surface area contributed by atoms with Crippen molar-refractivity contribution in [1.82, 2.24) is 0 Å². The minimum Gasteiger partial charge on any atom is -0.409 e. The first-order valence-electron chi connectivity index (χ1n) is 16.3. The van der Waals surface area contributed by atoms with Crippen molar-refractivity contribution in [2.45, 2.75) is 106 Å². The molecular weight excluding hydrogens is 571 g/mol. The van der Waals surface area contributed by atoms with E-state index < -0.39 is 42.6 Å². The third-order valence-corrected chi connectivity index (χ3v) is 14.8. The van der Waals surface area contributed by atoms with Crippen LogP contribution >= 0.6 is 0 Å². The summed E-state index contributed by atoms with van der Waals surface area (Å²) in [7, 11) is -3.47. The molecule has 0 aliphatic heterocycles. The van der Waals surface area contributed by atoms with Gasteiger partial charge in [-0.1, -0.05) is 77.0 Å². The Morgan fingerprint density at radius 2 is 1.42 bits per heavy atom. The van der Waals surface area contributed by atoms with Crippen molar-refractivity contribution >= 4 is 13.5 Å². The zero-order chi connectivity index (χ0) is 31.6. The summed E-state index contributed by atoms with van der Waals surface area (Å²) in [6.45, 7) is 17.2. The summed E-state index contributed by atoms with van der Waals surface area (Å²) in [5.74, 6) is -5.97. The highest BCUT2D eigenvalue weighted by atomic mass is 28.4. The van der Waals surface area contributed by atoms with Gasteiger partial charge in [0.2, 0.25) is 14.1 Å². The van der Waals surface area contributed by atoms with Gasteiger partial charge >= 0.3 is 0 Å². The Labute approximate surface area is 256 Å². The van der Waals surface area contributed by atoms with E-state index in [4.69, 9.17) is 4.43 Å². The summed E-state index contributed by atoms with van der Waals surface area (Å²) in [4.78, 5) is 0. The summed E-state index contributed by atoms with van der Waals surface area (Å²) in [5, 5.41) is -0.776. The fourth-order valence-corrected chi connectivity index (χ4v) is 11.7. The van der Waals surface area contributed by atoms with Gasteiger partial charge in [0.15, 0.2) is 23.3 Å². The fraction of sp³-hybridized carbons (Fsp3) is 0.667. The first kappa shape index (κ1) is 32.7. The van der Waals surface area contributed by atoms with Gasteiger partial charge in [0.1, 0.15) is 0 Å². The largest absolute Gasteiger partial charge is 0.409 e. The van der Waals surface area contributed by atoms with Crippen molar-refractivity contribution in [3.05, 3.63) is 64.5 Å². The Morgan fingerprint density at radius 3 is 2.05 bits per heavy atom. The minimum absolute atomic E-state index is 0.00212. The van der Waals surface area contributed by atoms with E-state index in [2.05, 4.69) is 65.8 Å². The van der Waals surface area contributed by atoms with Crippen molar-refractivity contribution in [1.29, 1.82) is 0 Å². The van der Waals surface area contributed by atoms with E-state index in [-0.39, 0.29) is 11.5 Å². The molecule has 0 aromatic heterocycles. The van der Waals surface area contributed by atoms with Gasteiger partial charge in [0.05, 0.1) is 0 Å². The lowest BCUT2D eigenvalue weighted by Gasteiger charge is -2.55. The first-order valence-corrected chi connectivity index (χ1v) is 19.2. The van der Waals surface area contributed by atoms with Crippen molar-refractivity contribution in [3.63, 3.8) is 0 Å². The van der Waals surface area contributed by atoms with Crippen LogP contribution in [0.2, 0.25) is 13.1 Å². The molecule has 4 aliphatic carbocycles. The van der Waals surface area contributed by atoms with Gasteiger partial charge < -0.3 is 4.43 Å². The topological polar surface area (TPSA) is 9.23 Å². The SMILES string of the molecule is CC(C)[C@H](C)/C=C/[C@@H](C)[C@H]1CC[C@H]2C3=CC=C4C[C@@H](O[Si](C)(C)c5c(F)c(F)c(F)c(F)c5F)CC[C@]4(C)[C@H]3CC[C@]12C. The number of halogens is 5. The zero-order valence-electron chi connectivity index (χ0n) is 27.1. The van der Waals surface area contributed by atoms with Crippen molar-refractivity contribution in [2.75, 3.05) is 0 Å². The summed E-state index contributed by atoms with van der Waals surface area (Å²) in [6, 6.07) is 0. The molecule has 5 rings (SSSR count). The van der Waals surface area contributed by atoms with Gasteiger partial charge in [0.25, 0.3) is 0 Å². The van der Waals surface area contributed by atoms with E-state index in [1.165, 1.54) is 37.9 Å². The molecule has 8 atom stereocenters. The minimum atomic E-state index is -3.47. The average Bonchev–Trinajstić information content (AvgIpc) is 3.30. The van der Waals surface area contributed by atoms with E-state index in [0.717, 1.165) is 12.8 Å². The lowest BCUT2D eigenvalue weighted by atomic mass is 9.50. The number of rotatable bonds is 7. The monoisotopic (exact) mass is 620 g/mol. The highest BCUT2D eigenvalue weighted by molar-refractivity contribution is 6.84. The molecule has 0 saturated heterocycles. The van der Waals surface area contributed by atoms with Gasteiger partial charge in [-0.15, -0.1) is 0 Å². The van der Waals surface area contributed by atoms with Crippen LogP contribution in [0.25, 0.3) is 0 Å². The van der Waals surface area contributed by atoms with E-state index in [1.807, 2.05) is 0 Å². The summed E-state index contributed by atoms with van der Waals surface area (Å²) in [6.07, 6.45) is 16.2. The van der Waals surface area contributed by atoms with Crippen molar-refractivity contribution in [2.24, 2.45) is 46.3 Å². The molecule has 1 aromatic carbocycles. The molecule has 1 nitrogen and oxygen atoms in total. The third-order valence-electron chi connectivity index (χ3n) is 12.3.